The Balaban J connectivity index is 2.36. The third-order valence-corrected chi connectivity index (χ3v) is 3.30. The van der Waals surface area contributed by atoms with Gasteiger partial charge >= 0.3 is 5.69 Å². The van der Waals surface area contributed by atoms with Gasteiger partial charge in [-0.2, -0.15) is 5.26 Å². The second-order valence-electron chi connectivity index (χ2n) is 4.56. The summed E-state index contributed by atoms with van der Waals surface area (Å²) in [7, 11) is 2.88. The van der Waals surface area contributed by atoms with Crippen LogP contribution in [0.5, 0.6) is 0 Å². The molecule has 0 spiro atoms. The summed E-state index contributed by atoms with van der Waals surface area (Å²) >= 11 is 0. The van der Waals surface area contributed by atoms with Crippen LogP contribution in [0.15, 0.2) is 9.59 Å². The van der Waals surface area contributed by atoms with Crippen LogP contribution in [-0.4, -0.2) is 28.4 Å². The maximum atomic E-state index is 11.8. The van der Waals surface area contributed by atoms with Crippen LogP contribution < -0.4 is 16.6 Å². The molecule has 1 saturated heterocycles. The highest BCUT2D eigenvalue weighted by atomic mass is 16.5. The lowest BCUT2D eigenvalue weighted by Crippen LogP contribution is -2.40. The molecule has 1 aromatic heterocycles. The molecule has 0 saturated carbocycles. The fourth-order valence-corrected chi connectivity index (χ4v) is 2.17. The van der Waals surface area contributed by atoms with Crippen molar-refractivity contribution in [3.8, 4) is 6.07 Å². The van der Waals surface area contributed by atoms with Crippen LogP contribution >= 0.6 is 0 Å². The Kier molecular flexibility index (Phi) is 3.71. The lowest BCUT2D eigenvalue weighted by Gasteiger charge is -2.16. The zero-order chi connectivity index (χ0) is 14.0. The van der Waals surface area contributed by atoms with E-state index >= 15 is 0 Å². The van der Waals surface area contributed by atoms with E-state index in [1.807, 2.05) is 6.07 Å². The zero-order valence-corrected chi connectivity index (χ0v) is 11.0. The van der Waals surface area contributed by atoms with Crippen molar-refractivity contribution in [2.45, 2.75) is 18.9 Å². The largest absolute Gasteiger partial charge is 0.376 e. The highest BCUT2D eigenvalue weighted by Crippen LogP contribution is 2.14. The van der Waals surface area contributed by atoms with E-state index in [4.69, 9.17) is 10.00 Å². The molecule has 0 amide bonds. The Labute approximate surface area is 110 Å². The van der Waals surface area contributed by atoms with E-state index in [1.165, 1.54) is 18.7 Å². The minimum Gasteiger partial charge on any atom is -0.376 e. The first-order chi connectivity index (χ1) is 9.06. The van der Waals surface area contributed by atoms with Gasteiger partial charge in [0.15, 0.2) is 5.56 Å². The van der Waals surface area contributed by atoms with Crippen LogP contribution in [0.1, 0.15) is 18.4 Å². The summed E-state index contributed by atoms with van der Waals surface area (Å²) < 4.78 is 7.66. The van der Waals surface area contributed by atoms with Crippen LogP contribution in [0, 0.1) is 11.3 Å². The molecule has 0 radical (unpaired) electrons. The average Bonchev–Trinajstić information content (AvgIpc) is 2.92. The number of nitriles is 1. The van der Waals surface area contributed by atoms with Crippen LogP contribution in [0.25, 0.3) is 0 Å². The van der Waals surface area contributed by atoms with Gasteiger partial charge in [-0.15, -0.1) is 0 Å². The molecule has 102 valence electrons. The summed E-state index contributed by atoms with van der Waals surface area (Å²) in [6, 6.07) is 1.85. The fraction of sp³-hybridized carbons (Fsp3) is 0.583. The molecule has 0 bridgehead atoms. The number of nitrogens with one attached hydrogen (secondary N) is 1. The third-order valence-electron chi connectivity index (χ3n) is 3.30. The minimum absolute atomic E-state index is 0.0532. The Bertz CT molecular complexity index is 632. The van der Waals surface area contributed by atoms with Gasteiger partial charge in [0.05, 0.1) is 6.10 Å². The van der Waals surface area contributed by atoms with E-state index in [2.05, 4.69) is 5.32 Å². The lowest BCUT2D eigenvalue weighted by molar-refractivity contribution is 0.120. The van der Waals surface area contributed by atoms with E-state index in [9.17, 15) is 9.59 Å². The van der Waals surface area contributed by atoms with E-state index in [-0.39, 0.29) is 17.5 Å². The summed E-state index contributed by atoms with van der Waals surface area (Å²) in [6.07, 6.45) is 2.01. The molecule has 2 heterocycles. The third kappa shape index (κ3) is 2.39. The predicted molar refractivity (Wildman–Crippen MR) is 69.1 cm³/mol. The normalized spacial score (nSPS) is 18.3. The summed E-state index contributed by atoms with van der Waals surface area (Å²) in [6.45, 7) is 1.21. The molecule has 7 heteroatoms. The maximum Gasteiger partial charge on any atom is 0.332 e. The number of rotatable bonds is 3. The van der Waals surface area contributed by atoms with Crippen molar-refractivity contribution in [3.05, 3.63) is 26.4 Å². The van der Waals surface area contributed by atoms with Gasteiger partial charge in [-0.3, -0.25) is 13.9 Å². The molecule has 1 aliphatic rings. The second kappa shape index (κ2) is 5.28. The lowest BCUT2D eigenvalue weighted by atomic mass is 10.2. The highest BCUT2D eigenvalue weighted by Gasteiger charge is 2.19. The predicted octanol–water partition coefficient (Wildman–Crippen LogP) is -0.453. The summed E-state index contributed by atoms with van der Waals surface area (Å²) in [5.41, 5.74) is -1.10. The molecule has 0 unspecified atom stereocenters. The second-order valence-corrected chi connectivity index (χ2v) is 4.56. The first kappa shape index (κ1) is 13.4. The van der Waals surface area contributed by atoms with Crippen LogP contribution in [0.4, 0.5) is 5.82 Å². The number of hydrogen-bond acceptors (Lipinski definition) is 5. The molecule has 1 aliphatic heterocycles. The standard InChI is InChI=1S/C12H16N4O3/c1-15-10(14-7-8-4-3-5-19-8)9(6-13)11(17)16(2)12(15)18/h8,14H,3-5,7H2,1-2H3/t8-/m1/s1. The maximum absolute atomic E-state index is 11.8. The summed E-state index contributed by atoms with van der Waals surface area (Å²) in [5.74, 6) is 0.256. The topological polar surface area (TPSA) is 89.1 Å². The Morgan fingerprint density at radius 2 is 2.16 bits per heavy atom. The monoisotopic (exact) mass is 264 g/mol. The van der Waals surface area contributed by atoms with Gasteiger partial charge in [0.2, 0.25) is 0 Å². The Morgan fingerprint density at radius 3 is 2.74 bits per heavy atom. The summed E-state index contributed by atoms with van der Waals surface area (Å²) in [5, 5.41) is 12.1. The zero-order valence-electron chi connectivity index (χ0n) is 11.0. The molecule has 19 heavy (non-hydrogen) atoms. The van der Waals surface area contributed by atoms with Crippen LogP contribution in [0.2, 0.25) is 0 Å². The molecule has 1 aromatic rings. The van der Waals surface area contributed by atoms with Gasteiger partial charge in [-0.05, 0) is 12.8 Å². The first-order valence-corrected chi connectivity index (χ1v) is 6.12. The first-order valence-electron chi connectivity index (χ1n) is 6.12. The van der Waals surface area contributed by atoms with Gasteiger partial charge < -0.3 is 10.1 Å². The fourth-order valence-electron chi connectivity index (χ4n) is 2.17. The van der Waals surface area contributed by atoms with Gasteiger partial charge in [-0.25, -0.2) is 4.79 Å². The van der Waals surface area contributed by atoms with Crippen molar-refractivity contribution in [1.82, 2.24) is 9.13 Å². The Hall–Kier alpha value is -2.07. The van der Waals surface area contributed by atoms with E-state index < -0.39 is 11.2 Å². The number of anilines is 1. The molecule has 0 aromatic carbocycles. The molecule has 0 aliphatic carbocycles. The van der Waals surface area contributed by atoms with Gasteiger partial charge in [0.25, 0.3) is 5.56 Å². The molecule has 2 rings (SSSR count). The summed E-state index contributed by atoms with van der Waals surface area (Å²) in [4.78, 5) is 23.7. The van der Waals surface area contributed by atoms with Crippen molar-refractivity contribution in [3.63, 3.8) is 0 Å². The smallest absolute Gasteiger partial charge is 0.332 e. The number of nitrogens with zero attached hydrogens (tertiary/aromatic N) is 3. The quantitative estimate of drug-likeness (QED) is 0.798. The van der Waals surface area contributed by atoms with E-state index in [0.29, 0.717) is 6.54 Å². The van der Waals surface area contributed by atoms with E-state index in [1.54, 1.807) is 0 Å². The van der Waals surface area contributed by atoms with E-state index in [0.717, 1.165) is 24.0 Å². The molecule has 1 atom stereocenters. The number of ether oxygens (including phenoxy) is 1. The van der Waals surface area contributed by atoms with Crippen molar-refractivity contribution < 1.29 is 4.74 Å². The molecule has 1 fully saturated rings. The van der Waals surface area contributed by atoms with Gasteiger partial charge in [0.1, 0.15) is 11.9 Å². The molecule has 1 N–H and O–H groups in total. The van der Waals surface area contributed by atoms with Gasteiger partial charge in [-0.1, -0.05) is 0 Å². The average molecular weight is 264 g/mol. The van der Waals surface area contributed by atoms with Crippen LogP contribution in [0.3, 0.4) is 0 Å². The van der Waals surface area contributed by atoms with Gasteiger partial charge in [0, 0.05) is 27.2 Å². The SMILES string of the molecule is Cn1c(NC[C@H]2CCCO2)c(C#N)c(=O)n(C)c1=O. The Morgan fingerprint density at radius 1 is 1.42 bits per heavy atom. The number of aromatic nitrogens is 2. The van der Waals surface area contributed by atoms with Crippen molar-refractivity contribution in [1.29, 1.82) is 5.26 Å². The van der Waals surface area contributed by atoms with Crippen molar-refractivity contribution >= 4 is 5.82 Å². The number of hydrogen-bond donors (Lipinski definition) is 1. The molecular formula is C12H16N4O3. The van der Waals surface area contributed by atoms with Crippen molar-refractivity contribution in [2.75, 3.05) is 18.5 Å². The highest BCUT2D eigenvalue weighted by molar-refractivity contribution is 5.51. The van der Waals surface area contributed by atoms with Crippen molar-refractivity contribution in [2.24, 2.45) is 14.1 Å². The van der Waals surface area contributed by atoms with Crippen LogP contribution in [-0.2, 0) is 18.8 Å². The molecular weight excluding hydrogens is 248 g/mol. The minimum atomic E-state index is -0.583. The molecule has 7 nitrogen and oxygen atoms in total.